The Hall–Kier alpha value is -3.36. The van der Waals surface area contributed by atoms with Crippen molar-refractivity contribution >= 4 is 5.91 Å². The number of rotatable bonds is 4. The van der Waals surface area contributed by atoms with Gasteiger partial charge in [-0.2, -0.15) is 15.3 Å². The molecule has 2 fully saturated rings. The van der Waals surface area contributed by atoms with Gasteiger partial charge < -0.3 is 9.64 Å². The fourth-order valence-electron chi connectivity index (χ4n) is 4.27. The van der Waals surface area contributed by atoms with Gasteiger partial charge in [-0.15, -0.1) is 9.90 Å². The number of nitrogens with zero attached hydrogens (tertiary/aromatic N) is 7. The maximum atomic E-state index is 13.5. The monoisotopic (exact) mass is 391 g/mol. The summed E-state index contributed by atoms with van der Waals surface area (Å²) in [6.07, 6.45) is 4.91. The third-order valence-corrected chi connectivity index (χ3v) is 5.58. The van der Waals surface area contributed by atoms with Crippen molar-refractivity contribution in [2.75, 3.05) is 6.54 Å². The van der Waals surface area contributed by atoms with E-state index in [9.17, 15) is 4.79 Å². The van der Waals surface area contributed by atoms with Crippen LogP contribution in [-0.2, 0) is 0 Å². The van der Waals surface area contributed by atoms with E-state index in [1.807, 2.05) is 43.0 Å². The molecule has 2 aliphatic rings. The summed E-state index contributed by atoms with van der Waals surface area (Å²) in [7, 11) is 0. The van der Waals surface area contributed by atoms with Gasteiger partial charge in [-0.1, -0.05) is 0 Å². The lowest BCUT2D eigenvalue weighted by molar-refractivity contribution is 0.0458. The van der Waals surface area contributed by atoms with Crippen molar-refractivity contribution in [1.29, 1.82) is 0 Å². The molecule has 3 aromatic rings. The molecule has 9 heteroatoms. The minimum atomic E-state index is -0.114. The normalized spacial score (nSPS) is 22.8. The van der Waals surface area contributed by atoms with Crippen LogP contribution in [0.4, 0.5) is 0 Å². The van der Waals surface area contributed by atoms with Crippen LogP contribution in [0.1, 0.15) is 34.7 Å². The summed E-state index contributed by atoms with van der Waals surface area (Å²) in [4.78, 5) is 21.3. The second-order valence-corrected chi connectivity index (χ2v) is 7.67. The first-order valence-electron chi connectivity index (χ1n) is 9.71. The molecule has 0 aromatic carbocycles. The molecule has 0 spiro atoms. The zero-order valence-electron chi connectivity index (χ0n) is 16.3. The zero-order chi connectivity index (χ0) is 20.0. The Kier molecular flexibility index (Phi) is 4.22. The molecule has 0 radical (unpaired) electrons. The number of hydrogen-bond acceptors (Lipinski definition) is 7. The number of fused-ring (bicyclic) bond motifs is 2. The standard InChI is InChI=1S/C20H21N7O2/c1-12-3-5-15(27-21-7-8-22-27)19(23-12)20(28)26-11-14-9-16(26)17(10-14)29-18-6-4-13(2)24-25-18/h3-8,14,16-17H,9-11H2,1-2H3. The highest BCUT2D eigenvalue weighted by atomic mass is 16.5. The van der Waals surface area contributed by atoms with Crippen LogP contribution in [0.15, 0.2) is 36.7 Å². The van der Waals surface area contributed by atoms with Crippen LogP contribution in [0.25, 0.3) is 5.69 Å². The topological polar surface area (TPSA) is 98.9 Å². The Morgan fingerprint density at radius 2 is 1.83 bits per heavy atom. The van der Waals surface area contributed by atoms with Crippen molar-refractivity contribution < 1.29 is 9.53 Å². The molecule has 29 heavy (non-hydrogen) atoms. The fraction of sp³-hybridized carbons (Fsp3) is 0.400. The molecule has 9 nitrogen and oxygen atoms in total. The Labute approximate surface area is 167 Å². The van der Waals surface area contributed by atoms with Crippen molar-refractivity contribution in [3.05, 3.63) is 53.7 Å². The molecule has 1 saturated heterocycles. The number of carbonyl (C=O) groups is 1. The molecular weight excluding hydrogens is 370 g/mol. The SMILES string of the molecule is Cc1ccc(OC2CC3CC2N(C(=O)c2nc(C)ccc2-n2nccn2)C3)nn1. The van der Waals surface area contributed by atoms with Crippen LogP contribution in [-0.4, -0.2) is 59.7 Å². The Balaban J connectivity index is 1.41. The summed E-state index contributed by atoms with van der Waals surface area (Å²) < 4.78 is 6.09. The lowest BCUT2D eigenvalue weighted by atomic mass is 10.1. The van der Waals surface area contributed by atoms with Crippen LogP contribution in [0.3, 0.4) is 0 Å². The van der Waals surface area contributed by atoms with E-state index in [-0.39, 0.29) is 18.1 Å². The van der Waals surface area contributed by atoms with Crippen molar-refractivity contribution in [2.45, 2.75) is 38.8 Å². The van der Waals surface area contributed by atoms with E-state index in [0.29, 0.717) is 29.7 Å². The first-order valence-corrected chi connectivity index (χ1v) is 9.71. The fourth-order valence-corrected chi connectivity index (χ4v) is 4.27. The third kappa shape index (κ3) is 3.22. The molecular formula is C20H21N7O2. The lowest BCUT2D eigenvalue weighted by Gasteiger charge is -2.33. The van der Waals surface area contributed by atoms with Crippen LogP contribution < -0.4 is 4.74 Å². The highest BCUT2D eigenvalue weighted by Gasteiger charge is 2.49. The van der Waals surface area contributed by atoms with Gasteiger partial charge in [0.2, 0.25) is 5.88 Å². The van der Waals surface area contributed by atoms with Crippen LogP contribution in [0, 0.1) is 19.8 Å². The van der Waals surface area contributed by atoms with Crippen molar-refractivity contribution in [2.24, 2.45) is 5.92 Å². The molecule has 0 N–H and O–H groups in total. The maximum Gasteiger partial charge on any atom is 0.275 e. The average molecular weight is 391 g/mol. The maximum absolute atomic E-state index is 13.5. The largest absolute Gasteiger partial charge is 0.471 e. The van der Waals surface area contributed by atoms with E-state index in [4.69, 9.17) is 4.74 Å². The third-order valence-electron chi connectivity index (χ3n) is 5.58. The predicted octanol–water partition coefficient (Wildman–Crippen LogP) is 1.75. The smallest absolute Gasteiger partial charge is 0.275 e. The summed E-state index contributed by atoms with van der Waals surface area (Å²) in [6.45, 7) is 4.47. The van der Waals surface area contributed by atoms with Gasteiger partial charge in [-0.05, 0) is 50.8 Å². The number of likely N-dealkylation sites (tertiary alicyclic amines) is 1. The van der Waals surface area contributed by atoms with Crippen molar-refractivity contribution in [1.82, 2.24) is 35.1 Å². The summed E-state index contributed by atoms with van der Waals surface area (Å²) in [5.74, 6) is 0.802. The first kappa shape index (κ1) is 17.7. The van der Waals surface area contributed by atoms with Crippen molar-refractivity contribution in [3.8, 4) is 11.6 Å². The second kappa shape index (κ2) is 6.91. The van der Waals surface area contributed by atoms with Gasteiger partial charge in [0.1, 0.15) is 11.8 Å². The minimum absolute atomic E-state index is 0.00338. The molecule has 1 aliphatic carbocycles. The summed E-state index contributed by atoms with van der Waals surface area (Å²) in [6, 6.07) is 7.38. The quantitative estimate of drug-likeness (QED) is 0.668. The van der Waals surface area contributed by atoms with Gasteiger partial charge >= 0.3 is 0 Å². The van der Waals surface area contributed by atoms with Crippen LogP contribution in [0.5, 0.6) is 5.88 Å². The number of ether oxygens (including phenoxy) is 1. The molecule has 1 amide bonds. The first-order chi connectivity index (χ1) is 14.1. The van der Waals surface area contributed by atoms with Gasteiger partial charge in [-0.3, -0.25) is 4.79 Å². The van der Waals surface area contributed by atoms with Crippen LogP contribution >= 0.6 is 0 Å². The average Bonchev–Trinajstić information content (AvgIpc) is 3.46. The molecule has 3 aromatic heterocycles. The Morgan fingerprint density at radius 3 is 2.55 bits per heavy atom. The van der Waals surface area contributed by atoms with E-state index >= 15 is 0 Å². The van der Waals surface area contributed by atoms with Gasteiger partial charge in [0.05, 0.1) is 24.1 Å². The minimum Gasteiger partial charge on any atom is -0.471 e. The number of carbonyl (C=O) groups excluding carboxylic acids is 1. The highest BCUT2D eigenvalue weighted by Crippen LogP contribution is 2.40. The number of aryl methyl sites for hydroxylation is 2. The van der Waals surface area contributed by atoms with Gasteiger partial charge in [0.15, 0.2) is 5.69 Å². The molecule has 3 atom stereocenters. The summed E-state index contributed by atoms with van der Waals surface area (Å²) in [5, 5.41) is 16.5. The van der Waals surface area contributed by atoms with E-state index in [1.54, 1.807) is 12.4 Å². The molecule has 5 rings (SSSR count). The zero-order valence-corrected chi connectivity index (χ0v) is 16.3. The van der Waals surface area contributed by atoms with Crippen LogP contribution in [0.2, 0.25) is 0 Å². The summed E-state index contributed by atoms with van der Waals surface area (Å²) >= 11 is 0. The Bertz CT molecular complexity index is 1040. The van der Waals surface area contributed by atoms with E-state index in [2.05, 4.69) is 25.4 Å². The van der Waals surface area contributed by atoms with Gasteiger partial charge in [-0.25, -0.2) is 4.98 Å². The van der Waals surface area contributed by atoms with Gasteiger partial charge in [0.25, 0.3) is 5.91 Å². The molecule has 4 heterocycles. The molecule has 1 aliphatic heterocycles. The van der Waals surface area contributed by atoms with E-state index in [1.165, 1.54) is 4.80 Å². The molecule has 148 valence electrons. The van der Waals surface area contributed by atoms with Gasteiger partial charge in [0, 0.05) is 18.3 Å². The van der Waals surface area contributed by atoms with Crippen molar-refractivity contribution in [3.63, 3.8) is 0 Å². The van der Waals surface area contributed by atoms with E-state index in [0.717, 1.165) is 24.2 Å². The predicted molar refractivity (Wildman–Crippen MR) is 103 cm³/mol. The Morgan fingerprint density at radius 1 is 1.03 bits per heavy atom. The number of piperidine rings is 1. The second-order valence-electron chi connectivity index (χ2n) is 7.67. The molecule has 3 unspecified atom stereocenters. The number of pyridine rings is 1. The summed E-state index contributed by atoms with van der Waals surface area (Å²) in [5.41, 5.74) is 2.56. The molecule has 2 bridgehead atoms. The number of amides is 1. The van der Waals surface area contributed by atoms with E-state index < -0.39 is 0 Å². The highest BCUT2D eigenvalue weighted by molar-refractivity contribution is 5.96. The lowest BCUT2D eigenvalue weighted by Crippen LogP contribution is -2.47. The number of hydrogen-bond donors (Lipinski definition) is 0. The number of aromatic nitrogens is 6. The molecule has 1 saturated carbocycles.